The van der Waals surface area contributed by atoms with E-state index in [-0.39, 0.29) is 17.7 Å². The molecule has 0 spiro atoms. The van der Waals surface area contributed by atoms with Gasteiger partial charge in [0, 0.05) is 30.4 Å². The molecular formula is C27H24N4O2. The van der Waals surface area contributed by atoms with Gasteiger partial charge >= 0.3 is 0 Å². The van der Waals surface area contributed by atoms with Gasteiger partial charge in [0.15, 0.2) is 0 Å². The van der Waals surface area contributed by atoms with Gasteiger partial charge in [0.25, 0.3) is 5.91 Å². The number of rotatable bonds is 4. The van der Waals surface area contributed by atoms with E-state index in [1.54, 1.807) is 11.1 Å². The molecule has 3 heterocycles. The summed E-state index contributed by atoms with van der Waals surface area (Å²) < 4.78 is 0. The number of anilines is 1. The zero-order chi connectivity index (χ0) is 22.6. The number of carbonyl (C=O) groups excluding carboxylic acids is 2. The zero-order valence-corrected chi connectivity index (χ0v) is 18.1. The summed E-state index contributed by atoms with van der Waals surface area (Å²) in [6.45, 7) is 1.02. The van der Waals surface area contributed by atoms with Crippen molar-refractivity contribution in [3.63, 3.8) is 0 Å². The molecular weight excluding hydrogens is 412 g/mol. The van der Waals surface area contributed by atoms with Crippen LogP contribution >= 0.6 is 0 Å². The van der Waals surface area contributed by atoms with Gasteiger partial charge in [-0.25, -0.2) is 4.98 Å². The van der Waals surface area contributed by atoms with Crippen molar-refractivity contribution >= 4 is 28.4 Å². The minimum absolute atomic E-state index is 0.0486. The molecule has 5 rings (SSSR count). The lowest BCUT2D eigenvalue weighted by Gasteiger charge is -2.32. The van der Waals surface area contributed by atoms with E-state index >= 15 is 0 Å². The predicted octanol–water partition coefficient (Wildman–Crippen LogP) is 4.79. The summed E-state index contributed by atoms with van der Waals surface area (Å²) >= 11 is 0. The van der Waals surface area contributed by atoms with Crippen molar-refractivity contribution in [3.05, 3.63) is 90.6 Å². The molecule has 1 unspecified atom stereocenters. The molecule has 1 fully saturated rings. The predicted molar refractivity (Wildman–Crippen MR) is 129 cm³/mol. The van der Waals surface area contributed by atoms with Crippen molar-refractivity contribution in [2.45, 2.75) is 12.8 Å². The summed E-state index contributed by atoms with van der Waals surface area (Å²) in [5.74, 6) is -0.373. The standard InChI is InChI=1S/C27H24N4O2/c32-26(29-20-10-2-1-3-11-20)19-9-8-16-31(18-19)27(33)22-17-25(24-14-6-7-15-28-24)30-23-13-5-4-12-21(22)23/h1-7,10-15,17,19H,8-9,16,18H2,(H,29,32). The van der Waals surface area contributed by atoms with Crippen molar-refractivity contribution in [3.8, 4) is 11.4 Å². The fraction of sp³-hybridized carbons (Fsp3) is 0.185. The average Bonchev–Trinajstić information content (AvgIpc) is 2.89. The Hall–Kier alpha value is -4.06. The molecule has 2 aromatic carbocycles. The minimum atomic E-state index is -0.244. The Labute approximate surface area is 192 Å². The van der Waals surface area contributed by atoms with Crippen molar-refractivity contribution in [2.75, 3.05) is 18.4 Å². The number of nitrogens with one attached hydrogen (secondary N) is 1. The Morgan fingerprint density at radius 1 is 0.909 bits per heavy atom. The first-order valence-corrected chi connectivity index (χ1v) is 11.2. The van der Waals surface area contributed by atoms with Gasteiger partial charge in [-0.2, -0.15) is 0 Å². The van der Waals surface area contributed by atoms with Crippen molar-refractivity contribution < 1.29 is 9.59 Å². The third-order valence-corrected chi connectivity index (χ3v) is 5.99. The quantitative estimate of drug-likeness (QED) is 0.499. The van der Waals surface area contributed by atoms with Crippen LogP contribution in [0.5, 0.6) is 0 Å². The van der Waals surface area contributed by atoms with E-state index in [1.807, 2.05) is 78.9 Å². The number of benzene rings is 2. The topological polar surface area (TPSA) is 75.2 Å². The van der Waals surface area contributed by atoms with E-state index in [9.17, 15) is 9.59 Å². The Morgan fingerprint density at radius 3 is 2.52 bits per heavy atom. The number of fused-ring (bicyclic) bond motifs is 1. The fourth-order valence-electron chi connectivity index (χ4n) is 4.31. The number of para-hydroxylation sites is 2. The van der Waals surface area contributed by atoms with Crippen LogP contribution in [0, 0.1) is 5.92 Å². The van der Waals surface area contributed by atoms with E-state index in [1.165, 1.54) is 0 Å². The number of pyridine rings is 2. The lowest BCUT2D eigenvalue weighted by molar-refractivity contribution is -0.121. The molecule has 164 valence electrons. The average molecular weight is 437 g/mol. The lowest BCUT2D eigenvalue weighted by Crippen LogP contribution is -2.43. The number of piperidine rings is 1. The fourth-order valence-corrected chi connectivity index (χ4v) is 4.31. The van der Waals surface area contributed by atoms with Gasteiger partial charge in [-0.3, -0.25) is 14.6 Å². The lowest BCUT2D eigenvalue weighted by atomic mass is 9.95. The normalized spacial score (nSPS) is 15.9. The Bertz CT molecular complexity index is 1290. The van der Waals surface area contributed by atoms with Crippen LogP contribution in [-0.4, -0.2) is 39.8 Å². The molecule has 2 amide bonds. The molecule has 6 heteroatoms. The van der Waals surface area contributed by atoms with Crippen molar-refractivity contribution in [1.29, 1.82) is 0 Å². The number of hydrogen-bond acceptors (Lipinski definition) is 4. The van der Waals surface area contributed by atoms with Gasteiger partial charge in [0.05, 0.1) is 28.4 Å². The van der Waals surface area contributed by atoms with Gasteiger partial charge in [-0.1, -0.05) is 42.5 Å². The highest BCUT2D eigenvalue weighted by molar-refractivity contribution is 6.07. The molecule has 1 aliphatic heterocycles. The van der Waals surface area contributed by atoms with Crippen LogP contribution in [0.3, 0.4) is 0 Å². The van der Waals surface area contributed by atoms with Gasteiger partial charge in [-0.15, -0.1) is 0 Å². The molecule has 1 N–H and O–H groups in total. The third-order valence-electron chi connectivity index (χ3n) is 5.99. The third kappa shape index (κ3) is 4.46. The van der Waals surface area contributed by atoms with Crippen molar-refractivity contribution in [2.24, 2.45) is 5.92 Å². The number of nitrogens with zero attached hydrogens (tertiary/aromatic N) is 3. The number of carbonyl (C=O) groups is 2. The molecule has 0 bridgehead atoms. The smallest absolute Gasteiger partial charge is 0.254 e. The maximum absolute atomic E-state index is 13.7. The summed E-state index contributed by atoms with van der Waals surface area (Å²) in [6.07, 6.45) is 3.27. The highest BCUT2D eigenvalue weighted by Crippen LogP contribution is 2.27. The van der Waals surface area contributed by atoms with E-state index in [0.717, 1.165) is 35.1 Å². The molecule has 1 saturated heterocycles. The first-order chi connectivity index (χ1) is 16.2. The summed E-state index contributed by atoms with van der Waals surface area (Å²) in [6, 6.07) is 24.5. The monoisotopic (exact) mass is 436 g/mol. The van der Waals surface area contributed by atoms with Gasteiger partial charge in [0.2, 0.25) is 5.91 Å². The molecule has 6 nitrogen and oxygen atoms in total. The molecule has 0 radical (unpaired) electrons. The number of aromatic nitrogens is 2. The second-order valence-electron chi connectivity index (χ2n) is 8.23. The van der Waals surface area contributed by atoms with E-state index in [2.05, 4.69) is 10.3 Å². The summed E-state index contributed by atoms with van der Waals surface area (Å²) in [7, 11) is 0. The molecule has 33 heavy (non-hydrogen) atoms. The first kappa shape index (κ1) is 20.8. The largest absolute Gasteiger partial charge is 0.338 e. The van der Waals surface area contributed by atoms with Gasteiger partial charge in [0.1, 0.15) is 0 Å². The van der Waals surface area contributed by atoms with Crippen LogP contribution in [0.4, 0.5) is 5.69 Å². The van der Waals surface area contributed by atoms with Gasteiger partial charge in [-0.05, 0) is 49.2 Å². The summed E-state index contributed by atoms with van der Waals surface area (Å²) in [4.78, 5) is 37.5. The highest BCUT2D eigenvalue weighted by Gasteiger charge is 2.30. The van der Waals surface area contributed by atoms with Crippen LogP contribution in [0.25, 0.3) is 22.3 Å². The van der Waals surface area contributed by atoms with E-state index < -0.39 is 0 Å². The molecule has 0 aliphatic carbocycles. The Morgan fingerprint density at radius 2 is 1.70 bits per heavy atom. The van der Waals surface area contributed by atoms with E-state index in [0.29, 0.717) is 24.3 Å². The first-order valence-electron chi connectivity index (χ1n) is 11.2. The molecule has 1 atom stereocenters. The molecule has 1 aliphatic rings. The molecule has 0 saturated carbocycles. The van der Waals surface area contributed by atoms with Crippen LogP contribution in [-0.2, 0) is 4.79 Å². The second kappa shape index (κ2) is 9.20. The number of hydrogen-bond donors (Lipinski definition) is 1. The van der Waals surface area contributed by atoms with Crippen molar-refractivity contribution in [1.82, 2.24) is 14.9 Å². The summed E-state index contributed by atoms with van der Waals surface area (Å²) in [5, 5.41) is 3.78. The summed E-state index contributed by atoms with van der Waals surface area (Å²) in [5.41, 5.74) is 3.49. The van der Waals surface area contributed by atoms with Crippen LogP contribution in [0.2, 0.25) is 0 Å². The maximum Gasteiger partial charge on any atom is 0.254 e. The molecule has 4 aromatic rings. The molecule has 2 aromatic heterocycles. The zero-order valence-electron chi connectivity index (χ0n) is 18.1. The SMILES string of the molecule is O=C(Nc1ccccc1)C1CCCN(C(=O)c2cc(-c3ccccn3)nc3ccccc23)C1. The Kier molecular flexibility index (Phi) is 5.81. The highest BCUT2D eigenvalue weighted by atomic mass is 16.2. The van der Waals surface area contributed by atoms with Crippen LogP contribution in [0.1, 0.15) is 23.2 Å². The number of amides is 2. The van der Waals surface area contributed by atoms with Crippen LogP contribution in [0.15, 0.2) is 85.1 Å². The van der Waals surface area contributed by atoms with Crippen LogP contribution < -0.4 is 5.32 Å². The van der Waals surface area contributed by atoms with E-state index in [4.69, 9.17) is 4.98 Å². The Balaban J connectivity index is 1.42. The maximum atomic E-state index is 13.7. The van der Waals surface area contributed by atoms with Gasteiger partial charge < -0.3 is 10.2 Å². The second-order valence-corrected chi connectivity index (χ2v) is 8.23. The number of likely N-dealkylation sites (tertiary alicyclic amines) is 1. The minimum Gasteiger partial charge on any atom is -0.338 e.